The molecule has 1 N–H and O–H groups in total. The van der Waals surface area contributed by atoms with Gasteiger partial charge in [0.15, 0.2) is 0 Å². The molecule has 7 nitrogen and oxygen atoms in total. The summed E-state index contributed by atoms with van der Waals surface area (Å²) in [5.74, 6) is -0.384. The number of nitrogens with one attached hydrogen (secondary N) is 1. The van der Waals surface area contributed by atoms with Crippen molar-refractivity contribution in [2.24, 2.45) is 5.92 Å². The molecule has 3 rings (SSSR count). The van der Waals surface area contributed by atoms with Crippen molar-refractivity contribution in [3.8, 4) is 0 Å². The van der Waals surface area contributed by atoms with Gasteiger partial charge < -0.3 is 10.1 Å². The fourth-order valence-corrected chi connectivity index (χ4v) is 5.09. The Labute approximate surface area is 165 Å². The minimum Gasteiger partial charge on any atom is -0.379 e. The molecule has 2 aliphatic heterocycles. The minimum atomic E-state index is -3.61. The molecule has 1 aromatic carbocycles. The Morgan fingerprint density at radius 3 is 2.59 bits per heavy atom. The molecule has 0 unspecified atom stereocenters. The van der Waals surface area contributed by atoms with Crippen molar-refractivity contribution in [3.05, 3.63) is 29.3 Å². The van der Waals surface area contributed by atoms with Crippen LogP contribution in [0.3, 0.4) is 0 Å². The van der Waals surface area contributed by atoms with Gasteiger partial charge in [0.05, 0.1) is 24.0 Å². The first kappa shape index (κ1) is 20.5. The highest BCUT2D eigenvalue weighted by Crippen LogP contribution is 2.24. The van der Waals surface area contributed by atoms with Crippen LogP contribution in [-0.2, 0) is 19.6 Å². The number of piperidine rings is 1. The summed E-state index contributed by atoms with van der Waals surface area (Å²) in [6, 6.07) is 6.13. The Balaban J connectivity index is 1.53. The normalized spacial score (nSPS) is 22.5. The fourth-order valence-electron chi connectivity index (χ4n) is 3.44. The second-order valence-corrected chi connectivity index (χ2v) is 9.28. The third-order valence-electron chi connectivity index (χ3n) is 5.04. The quantitative estimate of drug-likeness (QED) is 0.755. The summed E-state index contributed by atoms with van der Waals surface area (Å²) < 4.78 is 32.4. The Morgan fingerprint density at radius 2 is 1.89 bits per heavy atom. The summed E-state index contributed by atoms with van der Waals surface area (Å²) >= 11 is 5.85. The zero-order valence-corrected chi connectivity index (χ0v) is 16.8. The summed E-state index contributed by atoms with van der Waals surface area (Å²) in [7, 11) is -3.61. The van der Waals surface area contributed by atoms with Crippen LogP contribution in [0.1, 0.15) is 12.8 Å². The first-order chi connectivity index (χ1) is 13.0. The van der Waals surface area contributed by atoms with Gasteiger partial charge in [-0.05, 0) is 37.1 Å². The molecule has 1 aromatic rings. The number of amides is 1. The lowest BCUT2D eigenvalue weighted by Gasteiger charge is -2.31. The van der Waals surface area contributed by atoms with Gasteiger partial charge in [-0.1, -0.05) is 11.6 Å². The summed E-state index contributed by atoms with van der Waals surface area (Å²) in [6.45, 7) is 5.23. The number of halogens is 1. The summed E-state index contributed by atoms with van der Waals surface area (Å²) in [6.07, 6.45) is 1.38. The van der Waals surface area contributed by atoms with Crippen LogP contribution in [0.5, 0.6) is 0 Å². The predicted molar refractivity (Wildman–Crippen MR) is 103 cm³/mol. The number of hydrogen-bond donors (Lipinski definition) is 1. The maximum atomic E-state index is 12.8. The Hall–Kier alpha value is -1.19. The first-order valence-electron chi connectivity index (χ1n) is 9.30. The number of ether oxygens (including phenoxy) is 1. The largest absolute Gasteiger partial charge is 0.379 e. The number of morpholine rings is 1. The highest BCUT2D eigenvalue weighted by Gasteiger charge is 2.33. The van der Waals surface area contributed by atoms with E-state index in [1.54, 1.807) is 12.1 Å². The van der Waals surface area contributed by atoms with Crippen LogP contribution in [0.15, 0.2) is 29.2 Å². The zero-order chi connectivity index (χ0) is 19.3. The van der Waals surface area contributed by atoms with Crippen LogP contribution in [0, 0.1) is 5.92 Å². The van der Waals surface area contributed by atoms with Crippen molar-refractivity contribution >= 4 is 27.5 Å². The SMILES string of the molecule is O=C(NCCN1CCOCC1)[C@H]1CCCN(S(=O)(=O)c2ccc(Cl)cc2)C1. The molecule has 0 spiro atoms. The molecule has 2 heterocycles. The summed E-state index contributed by atoms with van der Waals surface area (Å²) in [5.41, 5.74) is 0. The standard InChI is InChI=1S/C18H26ClN3O4S/c19-16-3-5-17(6-4-16)27(24,25)22-8-1-2-15(14-22)18(23)20-7-9-21-10-12-26-13-11-21/h3-6,15H,1-2,7-14H2,(H,20,23)/t15-/m0/s1. The number of sulfonamides is 1. The van der Waals surface area contributed by atoms with Crippen molar-refractivity contribution in [2.75, 3.05) is 52.5 Å². The third kappa shape index (κ3) is 5.42. The maximum absolute atomic E-state index is 12.8. The van der Waals surface area contributed by atoms with Gasteiger partial charge in [-0.15, -0.1) is 0 Å². The number of rotatable bonds is 6. The topological polar surface area (TPSA) is 79.0 Å². The van der Waals surface area contributed by atoms with Crippen molar-refractivity contribution in [2.45, 2.75) is 17.7 Å². The minimum absolute atomic E-state index is 0.0701. The van der Waals surface area contributed by atoms with Gasteiger partial charge in [0.2, 0.25) is 15.9 Å². The highest BCUT2D eigenvalue weighted by molar-refractivity contribution is 7.89. The molecule has 0 aromatic heterocycles. The van der Waals surface area contributed by atoms with Crippen LogP contribution in [0.4, 0.5) is 0 Å². The lowest BCUT2D eigenvalue weighted by molar-refractivity contribution is -0.126. The zero-order valence-electron chi connectivity index (χ0n) is 15.3. The van der Waals surface area contributed by atoms with Crippen LogP contribution in [0.25, 0.3) is 0 Å². The van der Waals surface area contributed by atoms with Gasteiger partial charge in [-0.25, -0.2) is 8.42 Å². The molecule has 0 bridgehead atoms. The second kappa shape index (κ2) is 9.34. The Kier molecular flexibility index (Phi) is 7.10. The van der Waals surface area contributed by atoms with E-state index in [1.807, 2.05) is 0 Å². The molecule has 0 aliphatic carbocycles. The summed E-state index contributed by atoms with van der Waals surface area (Å²) in [5, 5.41) is 3.45. The molecule has 150 valence electrons. The highest BCUT2D eigenvalue weighted by atomic mass is 35.5. The van der Waals surface area contributed by atoms with Crippen molar-refractivity contribution < 1.29 is 17.9 Å². The molecule has 2 aliphatic rings. The number of hydrogen-bond acceptors (Lipinski definition) is 5. The van der Waals surface area contributed by atoms with Crippen LogP contribution in [-0.4, -0.2) is 76.0 Å². The van der Waals surface area contributed by atoms with Gasteiger partial charge in [-0.3, -0.25) is 9.69 Å². The average molecular weight is 416 g/mol. The average Bonchev–Trinajstić information content (AvgIpc) is 2.69. The van der Waals surface area contributed by atoms with E-state index in [9.17, 15) is 13.2 Å². The van der Waals surface area contributed by atoms with Crippen molar-refractivity contribution in [3.63, 3.8) is 0 Å². The molecule has 1 atom stereocenters. The fraction of sp³-hybridized carbons (Fsp3) is 0.611. The Morgan fingerprint density at radius 1 is 1.19 bits per heavy atom. The first-order valence-corrected chi connectivity index (χ1v) is 11.1. The molecule has 2 fully saturated rings. The molecular weight excluding hydrogens is 390 g/mol. The third-order valence-corrected chi connectivity index (χ3v) is 7.17. The predicted octanol–water partition coefficient (Wildman–Crippen LogP) is 1.19. The lowest BCUT2D eigenvalue weighted by atomic mass is 9.99. The van der Waals surface area contributed by atoms with Gasteiger partial charge in [0.1, 0.15) is 0 Å². The maximum Gasteiger partial charge on any atom is 0.243 e. The molecule has 0 radical (unpaired) electrons. The van der Waals surface area contributed by atoms with E-state index < -0.39 is 10.0 Å². The van der Waals surface area contributed by atoms with Crippen molar-refractivity contribution in [1.29, 1.82) is 0 Å². The summed E-state index contributed by atoms with van der Waals surface area (Å²) in [4.78, 5) is 15.0. The van der Waals surface area contributed by atoms with E-state index in [4.69, 9.17) is 16.3 Å². The van der Waals surface area contributed by atoms with E-state index in [0.29, 0.717) is 31.0 Å². The van der Waals surface area contributed by atoms with E-state index >= 15 is 0 Å². The van der Waals surface area contributed by atoms with Gasteiger partial charge >= 0.3 is 0 Å². The number of carbonyl (C=O) groups is 1. The van der Waals surface area contributed by atoms with Crippen LogP contribution >= 0.6 is 11.6 Å². The van der Waals surface area contributed by atoms with E-state index in [2.05, 4.69) is 10.2 Å². The van der Waals surface area contributed by atoms with Crippen molar-refractivity contribution in [1.82, 2.24) is 14.5 Å². The number of nitrogens with zero attached hydrogens (tertiary/aromatic N) is 2. The van der Waals surface area contributed by atoms with E-state index in [0.717, 1.165) is 32.8 Å². The Bertz CT molecular complexity index is 735. The molecule has 2 saturated heterocycles. The molecule has 9 heteroatoms. The van der Waals surface area contributed by atoms with Crippen LogP contribution in [0.2, 0.25) is 5.02 Å². The molecular formula is C18H26ClN3O4S. The van der Waals surface area contributed by atoms with Gasteiger partial charge in [-0.2, -0.15) is 4.31 Å². The monoisotopic (exact) mass is 415 g/mol. The van der Waals surface area contributed by atoms with E-state index in [-0.39, 0.29) is 23.3 Å². The molecule has 1 amide bonds. The van der Waals surface area contributed by atoms with E-state index in [1.165, 1.54) is 16.4 Å². The number of benzene rings is 1. The number of carbonyl (C=O) groups excluding carboxylic acids is 1. The van der Waals surface area contributed by atoms with Crippen LogP contribution < -0.4 is 5.32 Å². The van der Waals surface area contributed by atoms with Gasteiger partial charge in [0, 0.05) is 44.3 Å². The van der Waals surface area contributed by atoms with Gasteiger partial charge in [0.25, 0.3) is 0 Å². The molecule has 0 saturated carbocycles. The lowest BCUT2D eigenvalue weighted by Crippen LogP contribution is -2.47. The molecule has 27 heavy (non-hydrogen) atoms. The second-order valence-electron chi connectivity index (χ2n) is 6.90. The smallest absolute Gasteiger partial charge is 0.243 e.